The molecule has 4 rings (SSSR count). The predicted molar refractivity (Wildman–Crippen MR) is 136 cm³/mol. The van der Waals surface area contributed by atoms with E-state index >= 15 is 0 Å². The van der Waals surface area contributed by atoms with Crippen molar-refractivity contribution in [1.29, 1.82) is 0 Å². The highest BCUT2D eigenvalue weighted by Gasteiger charge is 2.18. The number of hydrogen-bond acceptors (Lipinski definition) is 6. The van der Waals surface area contributed by atoms with Crippen LogP contribution < -0.4 is 10.6 Å². The van der Waals surface area contributed by atoms with E-state index in [9.17, 15) is 0 Å². The van der Waals surface area contributed by atoms with E-state index in [1.165, 1.54) is 5.56 Å². The van der Waals surface area contributed by atoms with E-state index in [1.807, 2.05) is 30.1 Å². The molecule has 0 aliphatic heterocycles. The third-order valence-electron chi connectivity index (χ3n) is 5.37. The fraction of sp³-hybridized carbons (Fsp3) is 0.320. The molecule has 7 heteroatoms. The highest BCUT2D eigenvalue weighted by Crippen LogP contribution is 2.32. The average Bonchev–Trinajstić information content (AvgIpc) is 3.40. The maximum Gasteiger partial charge on any atom is 0.164 e. The van der Waals surface area contributed by atoms with Gasteiger partial charge in [-0.1, -0.05) is 51.6 Å². The monoisotopic (exact) mass is 446 g/mol. The van der Waals surface area contributed by atoms with Gasteiger partial charge >= 0.3 is 0 Å². The Bertz CT molecular complexity index is 1260. The van der Waals surface area contributed by atoms with Crippen LogP contribution in [0.3, 0.4) is 0 Å². The molecule has 0 bridgehead atoms. The highest BCUT2D eigenvalue weighted by molar-refractivity contribution is 7.17. The van der Waals surface area contributed by atoms with Crippen molar-refractivity contribution in [2.45, 2.75) is 46.1 Å². The van der Waals surface area contributed by atoms with Gasteiger partial charge in [0.05, 0.1) is 21.5 Å². The van der Waals surface area contributed by atoms with Crippen LogP contribution in [0.15, 0.2) is 49.2 Å². The normalized spacial score (nSPS) is 11.8. The first-order valence-corrected chi connectivity index (χ1v) is 11.6. The molecule has 3 aromatic heterocycles. The predicted octanol–water partition coefficient (Wildman–Crippen LogP) is 6.56. The van der Waals surface area contributed by atoms with Crippen LogP contribution in [0.4, 0.5) is 10.8 Å². The largest absolute Gasteiger partial charge is 0.380 e. The summed E-state index contributed by atoms with van der Waals surface area (Å²) in [6, 6.07) is 12.8. The van der Waals surface area contributed by atoms with Crippen molar-refractivity contribution < 1.29 is 0 Å². The summed E-state index contributed by atoms with van der Waals surface area (Å²) in [7, 11) is 1.91. The molecule has 6 nitrogen and oxygen atoms in total. The number of nitrogens with one attached hydrogen (secondary N) is 2. The Morgan fingerprint density at radius 1 is 1.06 bits per heavy atom. The van der Waals surface area contributed by atoms with Crippen LogP contribution >= 0.6 is 11.3 Å². The smallest absolute Gasteiger partial charge is 0.164 e. The Balaban J connectivity index is 1.78. The topological polar surface area (TPSA) is 67.7 Å². The minimum atomic E-state index is 0.0942. The van der Waals surface area contributed by atoms with Gasteiger partial charge in [-0.2, -0.15) is 5.10 Å². The lowest BCUT2D eigenvalue weighted by molar-refractivity contribution is 0.546. The molecule has 0 amide bonds. The van der Waals surface area contributed by atoms with Gasteiger partial charge in [0.15, 0.2) is 11.5 Å². The number of aromatic nitrogens is 4. The third kappa shape index (κ3) is 4.25. The molecule has 1 aromatic carbocycles. The standard InChI is InChI=1S/C25H30N6S/c1-15(2)31-24-19(14-27-31)23(28-16(3)20-12-13-21(26-7)32-20)29-22(30-24)17-8-10-18(11-9-17)25(4,5)6/h8-15,26H,3H2,1-2,4-7H3,(H,28,29,30). The second-order valence-corrected chi connectivity index (χ2v) is 10.2. The molecule has 2 N–H and O–H groups in total. The molecule has 0 saturated carbocycles. The van der Waals surface area contributed by atoms with E-state index in [4.69, 9.17) is 9.97 Å². The molecule has 3 heterocycles. The first-order chi connectivity index (χ1) is 15.2. The van der Waals surface area contributed by atoms with E-state index in [-0.39, 0.29) is 11.5 Å². The Labute approximate surface area is 193 Å². The summed E-state index contributed by atoms with van der Waals surface area (Å²) in [5.74, 6) is 1.37. The molecule has 166 valence electrons. The van der Waals surface area contributed by atoms with Crippen molar-refractivity contribution in [2.75, 3.05) is 17.7 Å². The van der Waals surface area contributed by atoms with Crippen molar-refractivity contribution in [1.82, 2.24) is 19.7 Å². The SMILES string of the molecule is C=C(Nc1nc(-c2ccc(C(C)(C)C)cc2)nc2c1cnn2C(C)C)c1ccc(NC)s1. The second-order valence-electron chi connectivity index (χ2n) is 9.16. The van der Waals surface area contributed by atoms with Gasteiger partial charge in [0.25, 0.3) is 0 Å². The second kappa shape index (κ2) is 8.39. The fourth-order valence-electron chi connectivity index (χ4n) is 3.49. The number of benzene rings is 1. The van der Waals surface area contributed by atoms with Crippen LogP contribution in [0.25, 0.3) is 28.1 Å². The van der Waals surface area contributed by atoms with Crippen LogP contribution in [0, 0.1) is 0 Å². The zero-order chi connectivity index (χ0) is 23.0. The zero-order valence-electron chi connectivity index (χ0n) is 19.5. The fourth-order valence-corrected chi connectivity index (χ4v) is 4.27. The Hall–Kier alpha value is -3.19. The van der Waals surface area contributed by atoms with Crippen molar-refractivity contribution in [3.05, 3.63) is 59.6 Å². The molecule has 0 radical (unpaired) electrons. The molecule has 0 aliphatic carbocycles. The summed E-state index contributed by atoms with van der Waals surface area (Å²) in [4.78, 5) is 10.8. The van der Waals surface area contributed by atoms with Crippen LogP contribution in [0.1, 0.15) is 51.1 Å². The summed E-state index contributed by atoms with van der Waals surface area (Å²) < 4.78 is 1.93. The number of nitrogens with zero attached hydrogens (tertiary/aromatic N) is 4. The minimum absolute atomic E-state index is 0.0942. The van der Waals surface area contributed by atoms with E-state index in [2.05, 4.69) is 81.2 Å². The molecule has 0 atom stereocenters. The van der Waals surface area contributed by atoms with Crippen molar-refractivity contribution in [3.8, 4) is 11.4 Å². The van der Waals surface area contributed by atoms with E-state index in [0.29, 0.717) is 11.6 Å². The molecule has 0 spiro atoms. The van der Waals surface area contributed by atoms with E-state index < -0.39 is 0 Å². The van der Waals surface area contributed by atoms with Gasteiger partial charge in [-0.25, -0.2) is 14.6 Å². The quantitative estimate of drug-likeness (QED) is 0.351. The molecular formula is C25H30N6S. The number of rotatable bonds is 6. The number of fused-ring (bicyclic) bond motifs is 1. The summed E-state index contributed by atoms with van der Waals surface area (Å²) >= 11 is 1.64. The van der Waals surface area contributed by atoms with E-state index in [0.717, 1.165) is 32.2 Å². The Morgan fingerprint density at radius 2 is 1.78 bits per heavy atom. The summed E-state index contributed by atoms with van der Waals surface area (Å²) in [6.45, 7) is 15.1. The van der Waals surface area contributed by atoms with Gasteiger partial charge in [0.1, 0.15) is 5.82 Å². The zero-order valence-corrected chi connectivity index (χ0v) is 20.3. The third-order valence-corrected chi connectivity index (χ3v) is 6.53. The van der Waals surface area contributed by atoms with Crippen molar-refractivity contribution in [2.24, 2.45) is 0 Å². The molecule has 0 fully saturated rings. The first kappa shape index (κ1) is 22.0. The lowest BCUT2D eigenvalue weighted by Crippen LogP contribution is -2.10. The molecular weight excluding hydrogens is 416 g/mol. The maximum absolute atomic E-state index is 4.89. The van der Waals surface area contributed by atoms with Gasteiger partial charge in [0, 0.05) is 24.4 Å². The highest BCUT2D eigenvalue weighted by atomic mass is 32.1. The molecule has 4 aromatic rings. The summed E-state index contributed by atoms with van der Waals surface area (Å²) in [5, 5.41) is 13.1. The number of thiophene rings is 1. The van der Waals surface area contributed by atoms with Crippen LogP contribution in [0.2, 0.25) is 0 Å². The minimum Gasteiger partial charge on any atom is -0.380 e. The van der Waals surface area contributed by atoms with Crippen LogP contribution in [-0.2, 0) is 5.41 Å². The van der Waals surface area contributed by atoms with Gasteiger partial charge in [-0.15, -0.1) is 11.3 Å². The van der Waals surface area contributed by atoms with Gasteiger partial charge in [0.2, 0.25) is 0 Å². The average molecular weight is 447 g/mol. The number of anilines is 2. The maximum atomic E-state index is 4.89. The van der Waals surface area contributed by atoms with Gasteiger partial charge in [-0.3, -0.25) is 0 Å². The van der Waals surface area contributed by atoms with Crippen LogP contribution in [0.5, 0.6) is 0 Å². The van der Waals surface area contributed by atoms with Crippen molar-refractivity contribution in [3.63, 3.8) is 0 Å². The molecule has 0 unspecified atom stereocenters. The van der Waals surface area contributed by atoms with E-state index in [1.54, 1.807) is 11.3 Å². The van der Waals surface area contributed by atoms with Gasteiger partial charge in [-0.05, 0) is 37.0 Å². The summed E-state index contributed by atoms with van der Waals surface area (Å²) in [6.07, 6.45) is 1.82. The Kier molecular flexibility index (Phi) is 5.77. The number of hydrogen-bond donors (Lipinski definition) is 2. The lowest BCUT2D eigenvalue weighted by atomic mass is 9.87. The summed E-state index contributed by atoms with van der Waals surface area (Å²) in [5.41, 5.74) is 3.94. The first-order valence-electron chi connectivity index (χ1n) is 10.8. The van der Waals surface area contributed by atoms with Gasteiger partial charge < -0.3 is 10.6 Å². The molecule has 0 saturated heterocycles. The van der Waals surface area contributed by atoms with Crippen LogP contribution in [-0.4, -0.2) is 26.8 Å². The lowest BCUT2D eigenvalue weighted by Gasteiger charge is -2.19. The Morgan fingerprint density at radius 3 is 2.38 bits per heavy atom. The molecule has 0 aliphatic rings. The van der Waals surface area contributed by atoms with Crippen molar-refractivity contribution >= 4 is 38.9 Å². The molecule has 32 heavy (non-hydrogen) atoms.